The summed E-state index contributed by atoms with van der Waals surface area (Å²) >= 11 is 0. The van der Waals surface area contributed by atoms with Gasteiger partial charge in [-0.3, -0.25) is 0 Å². The van der Waals surface area contributed by atoms with Crippen molar-refractivity contribution >= 4 is 0 Å². The molecule has 0 saturated carbocycles. The van der Waals surface area contributed by atoms with Crippen LogP contribution in [0.25, 0.3) is 0 Å². The van der Waals surface area contributed by atoms with Gasteiger partial charge < -0.3 is 0 Å². The average molecular weight is 131 g/mol. The van der Waals surface area contributed by atoms with Gasteiger partial charge in [-0.1, -0.05) is 6.92 Å². The number of rotatable bonds is 1. The van der Waals surface area contributed by atoms with Gasteiger partial charge in [-0.2, -0.15) is 16.6 Å². The minimum absolute atomic E-state index is 0.316. The van der Waals surface area contributed by atoms with Crippen LogP contribution < -0.4 is 22.0 Å². The molecule has 1 heterocycles. The fourth-order valence-electron chi connectivity index (χ4n) is 0.768. The zero-order valence-electron chi connectivity index (χ0n) is 5.73. The van der Waals surface area contributed by atoms with Crippen molar-refractivity contribution in [3.63, 3.8) is 0 Å². The molecule has 54 valence electrons. The summed E-state index contributed by atoms with van der Waals surface area (Å²) in [6.45, 7) is 5.10. The van der Waals surface area contributed by atoms with Crippen molar-refractivity contribution in [3.05, 3.63) is 0 Å². The molecule has 9 heavy (non-hydrogen) atoms. The maximum absolute atomic E-state index is 2.99. The maximum Gasteiger partial charge on any atom is 0.0859 e. The molecule has 1 fully saturated rings. The standard InChI is InChI=1S/C4H13N5/c1-3-9-4(2)5-6-7-8-9/h4-8H,3H2,1-2H3. The van der Waals surface area contributed by atoms with Crippen LogP contribution in [0.4, 0.5) is 0 Å². The van der Waals surface area contributed by atoms with E-state index in [0.29, 0.717) is 6.17 Å². The molecule has 1 unspecified atom stereocenters. The molecule has 0 aliphatic carbocycles. The molecular weight excluding hydrogens is 118 g/mol. The Morgan fingerprint density at radius 1 is 1.44 bits per heavy atom. The fraction of sp³-hybridized carbons (Fsp3) is 1.00. The normalized spacial score (nSPS) is 30.7. The summed E-state index contributed by atoms with van der Waals surface area (Å²) in [5.41, 5.74) is 11.4. The van der Waals surface area contributed by atoms with Crippen LogP contribution in [0.5, 0.6) is 0 Å². The summed E-state index contributed by atoms with van der Waals surface area (Å²) in [6, 6.07) is 0. The van der Waals surface area contributed by atoms with E-state index in [9.17, 15) is 0 Å². The van der Waals surface area contributed by atoms with E-state index in [1.54, 1.807) is 0 Å². The van der Waals surface area contributed by atoms with Crippen LogP contribution in [0, 0.1) is 0 Å². The molecule has 0 amide bonds. The lowest BCUT2D eigenvalue weighted by Crippen LogP contribution is -2.70. The Morgan fingerprint density at radius 2 is 2.22 bits per heavy atom. The minimum Gasteiger partial charge on any atom is -0.225 e. The summed E-state index contributed by atoms with van der Waals surface area (Å²) in [4.78, 5) is 0. The summed E-state index contributed by atoms with van der Waals surface area (Å²) in [7, 11) is 0. The van der Waals surface area contributed by atoms with E-state index >= 15 is 0 Å². The predicted molar refractivity (Wildman–Crippen MR) is 34.4 cm³/mol. The Labute approximate surface area is 54.7 Å². The second-order valence-corrected chi connectivity index (χ2v) is 1.97. The number of hydrogen-bond acceptors (Lipinski definition) is 5. The predicted octanol–water partition coefficient (Wildman–Crippen LogP) is -1.31. The molecule has 1 rings (SSSR count). The van der Waals surface area contributed by atoms with Crippen LogP contribution in [0.2, 0.25) is 0 Å². The molecule has 0 aromatic carbocycles. The highest BCUT2D eigenvalue weighted by Gasteiger charge is 2.13. The SMILES string of the molecule is CCN1NNNNC1C. The molecule has 1 atom stereocenters. The molecule has 0 bridgehead atoms. The molecule has 0 radical (unpaired) electrons. The molecule has 0 spiro atoms. The van der Waals surface area contributed by atoms with E-state index < -0.39 is 0 Å². The first-order valence-corrected chi connectivity index (χ1v) is 3.12. The van der Waals surface area contributed by atoms with E-state index in [-0.39, 0.29) is 0 Å². The molecule has 1 saturated heterocycles. The number of nitrogens with zero attached hydrogens (tertiary/aromatic N) is 1. The van der Waals surface area contributed by atoms with Gasteiger partial charge in [0.25, 0.3) is 0 Å². The highest BCUT2D eigenvalue weighted by molar-refractivity contribution is 4.56. The van der Waals surface area contributed by atoms with E-state index in [1.807, 2.05) is 5.01 Å². The summed E-state index contributed by atoms with van der Waals surface area (Å²) in [6.07, 6.45) is 0.316. The number of hydrogen-bond donors (Lipinski definition) is 4. The lowest BCUT2D eigenvalue weighted by Gasteiger charge is -2.34. The number of hydrazine groups is 4. The van der Waals surface area contributed by atoms with Gasteiger partial charge in [-0.25, -0.2) is 10.4 Å². The van der Waals surface area contributed by atoms with Crippen molar-refractivity contribution in [2.75, 3.05) is 6.54 Å². The summed E-state index contributed by atoms with van der Waals surface area (Å²) in [5, 5.41) is 2.02. The van der Waals surface area contributed by atoms with Crippen LogP contribution in [-0.2, 0) is 0 Å². The van der Waals surface area contributed by atoms with E-state index in [4.69, 9.17) is 0 Å². The molecule has 0 aromatic rings. The van der Waals surface area contributed by atoms with E-state index in [1.165, 1.54) is 0 Å². The maximum atomic E-state index is 2.99. The first-order chi connectivity index (χ1) is 4.34. The van der Waals surface area contributed by atoms with Crippen LogP contribution >= 0.6 is 0 Å². The first-order valence-electron chi connectivity index (χ1n) is 3.12. The topological polar surface area (TPSA) is 51.4 Å². The summed E-state index contributed by atoms with van der Waals surface area (Å²) < 4.78 is 0. The highest BCUT2D eigenvalue weighted by Crippen LogP contribution is 1.88. The van der Waals surface area contributed by atoms with Crippen LogP contribution in [0.1, 0.15) is 13.8 Å². The molecule has 5 nitrogen and oxygen atoms in total. The molecule has 0 aromatic heterocycles. The lowest BCUT2D eigenvalue weighted by molar-refractivity contribution is 0.0124. The molecule has 5 heteroatoms. The summed E-state index contributed by atoms with van der Waals surface area (Å²) in [5.74, 6) is 0. The average Bonchev–Trinajstić information content (AvgIpc) is 1.89. The molecule has 1 aliphatic rings. The van der Waals surface area contributed by atoms with Crippen molar-refractivity contribution in [1.29, 1.82) is 0 Å². The Morgan fingerprint density at radius 3 is 2.67 bits per heavy atom. The van der Waals surface area contributed by atoms with Gasteiger partial charge in [0.1, 0.15) is 0 Å². The van der Waals surface area contributed by atoms with Crippen molar-refractivity contribution in [2.24, 2.45) is 0 Å². The van der Waals surface area contributed by atoms with Crippen molar-refractivity contribution < 1.29 is 0 Å². The van der Waals surface area contributed by atoms with Gasteiger partial charge in [0.15, 0.2) is 0 Å². The first kappa shape index (κ1) is 6.91. The van der Waals surface area contributed by atoms with Crippen molar-refractivity contribution in [2.45, 2.75) is 20.0 Å². The van der Waals surface area contributed by atoms with E-state index in [0.717, 1.165) is 6.54 Å². The van der Waals surface area contributed by atoms with Gasteiger partial charge in [0.2, 0.25) is 0 Å². The van der Waals surface area contributed by atoms with Gasteiger partial charge in [-0.15, -0.1) is 0 Å². The zero-order valence-corrected chi connectivity index (χ0v) is 5.73. The minimum atomic E-state index is 0.316. The Bertz CT molecular complexity index is 85.0. The fourth-order valence-corrected chi connectivity index (χ4v) is 0.768. The third kappa shape index (κ3) is 1.60. The van der Waals surface area contributed by atoms with Crippen LogP contribution in [0.15, 0.2) is 0 Å². The largest absolute Gasteiger partial charge is 0.225 e. The lowest BCUT2D eigenvalue weighted by atomic mass is 10.5. The van der Waals surface area contributed by atoms with Crippen molar-refractivity contribution in [1.82, 2.24) is 27.0 Å². The van der Waals surface area contributed by atoms with Gasteiger partial charge in [0.05, 0.1) is 6.17 Å². The Balaban J connectivity index is 2.30. The third-order valence-corrected chi connectivity index (χ3v) is 1.35. The van der Waals surface area contributed by atoms with E-state index in [2.05, 4.69) is 35.9 Å². The van der Waals surface area contributed by atoms with Crippen LogP contribution in [0.3, 0.4) is 0 Å². The highest BCUT2D eigenvalue weighted by atomic mass is 15.9. The molecule has 1 aliphatic heterocycles. The quantitative estimate of drug-likeness (QED) is 0.356. The molecule has 4 N–H and O–H groups in total. The second-order valence-electron chi connectivity index (χ2n) is 1.97. The number of nitrogens with one attached hydrogen (secondary N) is 4. The van der Waals surface area contributed by atoms with Gasteiger partial charge in [0, 0.05) is 6.54 Å². The Hall–Kier alpha value is -0.200. The Kier molecular flexibility index (Phi) is 2.38. The zero-order chi connectivity index (χ0) is 6.69. The molecular formula is C4H13N5. The second kappa shape index (κ2) is 3.09. The van der Waals surface area contributed by atoms with Gasteiger partial charge >= 0.3 is 0 Å². The van der Waals surface area contributed by atoms with Crippen LogP contribution in [-0.4, -0.2) is 17.7 Å². The van der Waals surface area contributed by atoms with Crippen molar-refractivity contribution in [3.8, 4) is 0 Å². The third-order valence-electron chi connectivity index (χ3n) is 1.35. The monoisotopic (exact) mass is 131 g/mol. The smallest absolute Gasteiger partial charge is 0.0859 e. The van der Waals surface area contributed by atoms with Gasteiger partial charge in [-0.05, 0) is 6.92 Å².